The van der Waals surface area contributed by atoms with Crippen molar-refractivity contribution >= 4 is 18.3 Å². The van der Waals surface area contributed by atoms with E-state index in [9.17, 15) is 4.79 Å². The number of amides is 1. The summed E-state index contributed by atoms with van der Waals surface area (Å²) in [7, 11) is 0. The maximum atomic E-state index is 12.0. The minimum Gasteiger partial charge on any atom is -0.354 e. The average molecular weight is 316 g/mol. The van der Waals surface area contributed by atoms with Gasteiger partial charge in [0.15, 0.2) is 0 Å². The second kappa shape index (κ2) is 7.80. The number of halogens is 1. The molecule has 5 heteroatoms. The zero-order valence-corrected chi connectivity index (χ0v) is 14.0. The second-order valence-electron chi connectivity index (χ2n) is 7.13. The average Bonchev–Trinajstić information content (AvgIpc) is 2.96. The Kier molecular flexibility index (Phi) is 6.33. The summed E-state index contributed by atoms with van der Waals surface area (Å²) in [6.45, 7) is 7.96. The van der Waals surface area contributed by atoms with Gasteiger partial charge in [0.05, 0.1) is 6.04 Å². The molecule has 2 heterocycles. The van der Waals surface area contributed by atoms with Gasteiger partial charge in [-0.2, -0.15) is 0 Å². The molecule has 3 rings (SSSR count). The number of hydrogen-bond acceptors (Lipinski definition) is 3. The lowest BCUT2D eigenvalue weighted by Gasteiger charge is -2.33. The van der Waals surface area contributed by atoms with Crippen molar-refractivity contribution in [3.8, 4) is 0 Å². The van der Waals surface area contributed by atoms with Crippen LogP contribution in [0.2, 0.25) is 0 Å². The highest BCUT2D eigenvalue weighted by atomic mass is 35.5. The van der Waals surface area contributed by atoms with E-state index in [-0.39, 0.29) is 24.4 Å². The van der Waals surface area contributed by atoms with Crippen molar-refractivity contribution in [3.05, 3.63) is 0 Å². The molecule has 4 nitrogen and oxygen atoms in total. The van der Waals surface area contributed by atoms with Gasteiger partial charge in [-0.05, 0) is 62.9 Å². The summed E-state index contributed by atoms with van der Waals surface area (Å²) in [5.41, 5.74) is 0. The van der Waals surface area contributed by atoms with Crippen LogP contribution in [-0.2, 0) is 4.79 Å². The van der Waals surface area contributed by atoms with Crippen LogP contribution >= 0.6 is 12.4 Å². The normalized spacial score (nSPS) is 36.0. The molecule has 1 amide bonds. The molecular weight excluding hydrogens is 286 g/mol. The number of carbonyl (C=O) groups excluding carboxylic acids is 1. The van der Waals surface area contributed by atoms with Gasteiger partial charge in [-0.15, -0.1) is 12.4 Å². The molecule has 4 unspecified atom stereocenters. The van der Waals surface area contributed by atoms with Gasteiger partial charge in [-0.1, -0.05) is 6.92 Å². The van der Waals surface area contributed by atoms with E-state index < -0.39 is 0 Å². The van der Waals surface area contributed by atoms with Crippen LogP contribution in [0.25, 0.3) is 0 Å². The molecule has 122 valence electrons. The molecule has 0 aromatic heterocycles. The molecule has 0 bridgehead atoms. The van der Waals surface area contributed by atoms with E-state index >= 15 is 0 Å². The summed E-state index contributed by atoms with van der Waals surface area (Å²) < 4.78 is 0. The number of nitrogens with zero attached hydrogens (tertiary/aromatic N) is 1. The van der Waals surface area contributed by atoms with Crippen LogP contribution in [0, 0.1) is 17.8 Å². The number of likely N-dealkylation sites (tertiary alicyclic amines) is 1. The van der Waals surface area contributed by atoms with Gasteiger partial charge < -0.3 is 15.5 Å². The smallest absolute Gasteiger partial charge is 0.237 e. The van der Waals surface area contributed by atoms with E-state index in [2.05, 4.69) is 22.5 Å². The van der Waals surface area contributed by atoms with Gasteiger partial charge in [0.25, 0.3) is 0 Å². The van der Waals surface area contributed by atoms with Crippen molar-refractivity contribution in [2.45, 2.75) is 45.1 Å². The summed E-state index contributed by atoms with van der Waals surface area (Å²) in [6, 6.07) is 0.0713. The Morgan fingerprint density at radius 3 is 2.81 bits per heavy atom. The number of piperidine rings is 1. The van der Waals surface area contributed by atoms with Crippen LogP contribution < -0.4 is 10.6 Å². The summed E-state index contributed by atoms with van der Waals surface area (Å²) in [4.78, 5) is 14.6. The molecule has 21 heavy (non-hydrogen) atoms. The third-order valence-electron chi connectivity index (χ3n) is 5.31. The molecule has 1 aliphatic carbocycles. The monoisotopic (exact) mass is 315 g/mol. The Morgan fingerprint density at radius 2 is 2.14 bits per heavy atom. The van der Waals surface area contributed by atoms with E-state index in [0.29, 0.717) is 5.92 Å². The lowest BCUT2D eigenvalue weighted by atomic mass is 9.97. The van der Waals surface area contributed by atoms with Gasteiger partial charge in [0.2, 0.25) is 5.91 Å². The quantitative estimate of drug-likeness (QED) is 0.811. The van der Waals surface area contributed by atoms with Crippen molar-refractivity contribution in [1.29, 1.82) is 0 Å². The van der Waals surface area contributed by atoms with Crippen LogP contribution in [0.4, 0.5) is 0 Å². The molecule has 0 aromatic carbocycles. The minimum absolute atomic E-state index is 0. The maximum Gasteiger partial charge on any atom is 0.237 e. The summed E-state index contributed by atoms with van der Waals surface area (Å²) in [5.74, 6) is 2.77. The third kappa shape index (κ3) is 4.83. The molecule has 0 aromatic rings. The molecule has 2 aliphatic heterocycles. The number of rotatable bonds is 5. The van der Waals surface area contributed by atoms with Gasteiger partial charge in [-0.25, -0.2) is 0 Å². The Balaban J connectivity index is 0.00000161. The van der Waals surface area contributed by atoms with Gasteiger partial charge in [0.1, 0.15) is 0 Å². The first kappa shape index (κ1) is 17.0. The Morgan fingerprint density at radius 1 is 1.33 bits per heavy atom. The molecule has 1 saturated carbocycles. The molecule has 3 aliphatic rings. The van der Waals surface area contributed by atoms with Crippen LogP contribution in [0.5, 0.6) is 0 Å². The van der Waals surface area contributed by atoms with E-state index in [1.54, 1.807) is 0 Å². The van der Waals surface area contributed by atoms with Gasteiger partial charge >= 0.3 is 0 Å². The van der Waals surface area contributed by atoms with Crippen LogP contribution in [0.3, 0.4) is 0 Å². The van der Waals surface area contributed by atoms with E-state index in [1.807, 2.05) is 0 Å². The van der Waals surface area contributed by atoms with Gasteiger partial charge in [-0.3, -0.25) is 4.79 Å². The minimum atomic E-state index is 0. The Hall–Kier alpha value is -0.320. The van der Waals surface area contributed by atoms with Crippen molar-refractivity contribution in [2.75, 3.05) is 32.7 Å². The Labute approximate surface area is 134 Å². The fraction of sp³-hybridized carbons (Fsp3) is 0.938. The van der Waals surface area contributed by atoms with Crippen molar-refractivity contribution in [2.24, 2.45) is 17.8 Å². The number of hydrogen-bond donors (Lipinski definition) is 2. The molecule has 0 radical (unpaired) electrons. The molecule has 3 fully saturated rings. The highest BCUT2D eigenvalue weighted by molar-refractivity contribution is 5.85. The predicted octanol–water partition coefficient (Wildman–Crippen LogP) is 1.64. The van der Waals surface area contributed by atoms with Crippen LogP contribution in [0.1, 0.15) is 39.0 Å². The molecule has 4 atom stereocenters. The van der Waals surface area contributed by atoms with E-state index in [4.69, 9.17) is 0 Å². The van der Waals surface area contributed by atoms with Crippen molar-refractivity contribution in [1.82, 2.24) is 15.5 Å². The highest BCUT2D eigenvalue weighted by Gasteiger charge is 2.35. The second-order valence-corrected chi connectivity index (χ2v) is 7.13. The highest BCUT2D eigenvalue weighted by Crippen LogP contribution is 2.38. The predicted molar refractivity (Wildman–Crippen MR) is 87.7 cm³/mol. The number of nitrogens with one attached hydrogen (secondary N) is 2. The Bertz CT molecular complexity index is 346. The summed E-state index contributed by atoms with van der Waals surface area (Å²) in [5, 5.41) is 6.43. The standard InChI is InChI=1S/C16H29N3O.ClH/c1-12-8-14(12)11-19-7-3-4-13(10-19)9-18-16(20)15-5-2-6-17-15;/h12-15,17H,2-11H2,1H3,(H,18,20);1H. The number of carbonyl (C=O) groups is 1. The zero-order valence-electron chi connectivity index (χ0n) is 13.1. The lowest BCUT2D eigenvalue weighted by molar-refractivity contribution is -0.123. The largest absolute Gasteiger partial charge is 0.354 e. The van der Waals surface area contributed by atoms with Crippen LogP contribution in [-0.4, -0.2) is 49.6 Å². The SMILES string of the molecule is CC1CC1CN1CCCC(CNC(=O)C2CCCN2)C1.Cl. The molecular formula is C16H30ClN3O. The first-order valence-corrected chi connectivity index (χ1v) is 8.46. The zero-order chi connectivity index (χ0) is 13.9. The maximum absolute atomic E-state index is 12.0. The van der Waals surface area contributed by atoms with E-state index in [1.165, 1.54) is 38.9 Å². The van der Waals surface area contributed by atoms with Crippen molar-refractivity contribution in [3.63, 3.8) is 0 Å². The van der Waals surface area contributed by atoms with Crippen LogP contribution in [0.15, 0.2) is 0 Å². The lowest BCUT2D eigenvalue weighted by Crippen LogP contribution is -2.45. The molecule has 2 saturated heterocycles. The molecule has 0 spiro atoms. The topological polar surface area (TPSA) is 44.4 Å². The molecule has 2 N–H and O–H groups in total. The first-order chi connectivity index (χ1) is 9.72. The fourth-order valence-corrected chi connectivity index (χ4v) is 3.75. The first-order valence-electron chi connectivity index (χ1n) is 8.46. The fourth-order valence-electron chi connectivity index (χ4n) is 3.75. The summed E-state index contributed by atoms with van der Waals surface area (Å²) >= 11 is 0. The van der Waals surface area contributed by atoms with Crippen molar-refractivity contribution < 1.29 is 4.79 Å². The van der Waals surface area contributed by atoms with E-state index in [0.717, 1.165) is 37.8 Å². The third-order valence-corrected chi connectivity index (χ3v) is 5.31. The summed E-state index contributed by atoms with van der Waals surface area (Å²) in [6.07, 6.45) is 6.13. The van der Waals surface area contributed by atoms with Gasteiger partial charge in [0, 0.05) is 19.6 Å².